The molecule has 0 aromatic heterocycles. The van der Waals surface area contributed by atoms with Gasteiger partial charge in [-0.05, 0) is 36.4 Å². The Morgan fingerprint density at radius 1 is 1.14 bits per heavy atom. The zero-order valence-corrected chi connectivity index (χ0v) is 12.0. The molecule has 0 heterocycles. The second-order valence-corrected chi connectivity index (χ2v) is 6.21. The van der Waals surface area contributed by atoms with Gasteiger partial charge in [0.25, 0.3) is 10.0 Å². The van der Waals surface area contributed by atoms with Gasteiger partial charge in [0.05, 0.1) is 16.5 Å². The van der Waals surface area contributed by atoms with Crippen molar-refractivity contribution in [2.45, 2.75) is 11.5 Å². The second kappa shape index (κ2) is 5.97. The van der Waals surface area contributed by atoms with Crippen LogP contribution in [0, 0.1) is 11.6 Å². The molecule has 8 heteroatoms. The van der Waals surface area contributed by atoms with Crippen molar-refractivity contribution in [3.05, 3.63) is 58.6 Å². The number of rotatable bonds is 4. The summed E-state index contributed by atoms with van der Waals surface area (Å²) >= 11 is 5.60. The van der Waals surface area contributed by atoms with Gasteiger partial charge in [0.1, 0.15) is 11.6 Å². The summed E-state index contributed by atoms with van der Waals surface area (Å²) in [5, 5.41) is 8.71. The van der Waals surface area contributed by atoms with Gasteiger partial charge in [-0.25, -0.2) is 17.2 Å². The van der Waals surface area contributed by atoms with E-state index < -0.39 is 33.2 Å². The highest BCUT2D eigenvalue weighted by Gasteiger charge is 2.19. The molecule has 0 saturated heterocycles. The first kappa shape index (κ1) is 15.7. The molecule has 0 fully saturated rings. The number of aliphatic hydroxyl groups is 1. The number of benzene rings is 2. The standard InChI is InChI=1S/C13H10ClF2NO3S/c14-13-8(7-18)5-11(6-12(13)16)21(19,20)17-10-3-1-9(15)2-4-10/h1-6,17-18H,7H2. The Kier molecular flexibility index (Phi) is 4.46. The van der Waals surface area contributed by atoms with Crippen LogP contribution in [0.1, 0.15) is 5.56 Å². The normalized spacial score (nSPS) is 11.4. The summed E-state index contributed by atoms with van der Waals surface area (Å²) in [7, 11) is -4.08. The van der Waals surface area contributed by atoms with E-state index in [-0.39, 0.29) is 16.3 Å². The molecule has 2 rings (SSSR count). The molecular weight excluding hydrogens is 324 g/mol. The number of sulfonamides is 1. The van der Waals surface area contributed by atoms with Crippen LogP contribution < -0.4 is 4.72 Å². The number of aliphatic hydroxyl groups excluding tert-OH is 1. The number of anilines is 1. The third kappa shape index (κ3) is 3.49. The van der Waals surface area contributed by atoms with Crippen LogP contribution in [0.3, 0.4) is 0 Å². The van der Waals surface area contributed by atoms with Crippen molar-refractivity contribution >= 4 is 27.3 Å². The van der Waals surface area contributed by atoms with Gasteiger partial charge in [0.2, 0.25) is 0 Å². The summed E-state index contributed by atoms with van der Waals surface area (Å²) in [6.45, 7) is -0.602. The molecule has 2 N–H and O–H groups in total. The lowest BCUT2D eigenvalue weighted by atomic mass is 10.2. The Labute approximate surface area is 125 Å². The highest BCUT2D eigenvalue weighted by atomic mass is 35.5. The topological polar surface area (TPSA) is 66.4 Å². The lowest BCUT2D eigenvalue weighted by Gasteiger charge is -2.10. The van der Waals surface area contributed by atoms with Gasteiger partial charge >= 0.3 is 0 Å². The van der Waals surface area contributed by atoms with Crippen LogP contribution in [0.5, 0.6) is 0 Å². The van der Waals surface area contributed by atoms with Gasteiger partial charge in [0.15, 0.2) is 0 Å². The fraction of sp³-hybridized carbons (Fsp3) is 0.0769. The molecule has 2 aromatic rings. The summed E-state index contributed by atoms with van der Waals surface area (Å²) in [6.07, 6.45) is 0. The van der Waals surface area contributed by atoms with Crippen molar-refractivity contribution in [1.29, 1.82) is 0 Å². The zero-order chi connectivity index (χ0) is 15.6. The summed E-state index contributed by atoms with van der Waals surface area (Å²) in [6, 6.07) is 6.43. The van der Waals surface area contributed by atoms with Crippen molar-refractivity contribution in [3.8, 4) is 0 Å². The molecular formula is C13H10ClF2NO3S. The maximum absolute atomic E-state index is 13.6. The molecule has 0 aliphatic heterocycles. The van der Waals surface area contributed by atoms with Gasteiger partial charge < -0.3 is 5.11 Å². The maximum atomic E-state index is 13.6. The minimum Gasteiger partial charge on any atom is -0.392 e. The maximum Gasteiger partial charge on any atom is 0.262 e. The Morgan fingerprint density at radius 3 is 2.33 bits per heavy atom. The average molecular weight is 334 g/mol. The fourth-order valence-corrected chi connectivity index (χ4v) is 2.91. The van der Waals surface area contributed by atoms with Gasteiger partial charge in [-0.3, -0.25) is 4.72 Å². The summed E-state index contributed by atoms with van der Waals surface area (Å²) in [5.74, 6) is -1.47. The van der Waals surface area contributed by atoms with Crippen molar-refractivity contribution in [1.82, 2.24) is 0 Å². The van der Waals surface area contributed by atoms with Crippen molar-refractivity contribution in [2.24, 2.45) is 0 Å². The van der Waals surface area contributed by atoms with E-state index in [2.05, 4.69) is 4.72 Å². The van der Waals surface area contributed by atoms with Gasteiger partial charge in [-0.1, -0.05) is 11.6 Å². The highest BCUT2D eigenvalue weighted by Crippen LogP contribution is 2.25. The molecule has 0 radical (unpaired) electrons. The first-order chi connectivity index (χ1) is 9.83. The Hall–Kier alpha value is -1.70. The van der Waals surface area contributed by atoms with Crippen molar-refractivity contribution in [3.63, 3.8) is 0 Å². The van der Waals surface area contributed by atoms with E-state index in [0.717, 1.165) is 24.3 Å². The third-order valence-electron chi connectivity index (χ3n) is 2.65. The van der Waals surface area contributed by atoms with Crippen LogP contribution in [0.2, 0.25) is 5.02 Å². The van der Waals surface area contributed by atoms with Crippen LogP contribution >= 0.6 is 11.6 Å². The first-order valence-electron chi connectivity index (χ1n) is 5.70. The highest BCUT2D eigenvalue weighted by molar-refractivity contribution is 7.92. The molecule has 0 saturated carbocycles. The minimum atomic E-state index is -4.08. The SMILES string of the molecule is O=S(=O)(Nc1ccc(F)cc1)c1cc(F)c(Cl)c(CO)c1. The molecule has 0 aliphatic rings. The zero-order valence-electron chi connectivity index (χ0n) is 10.5. The average Bonchev–Trinajstić information content (AvgIpc) is 2.44. The summed E-state index contributed by atoms with van der Waals surface area (Å²) in [4.78, 5) is -0.391. The van der Waals surface area contributed by atoms with E-state index in [0.29, 0.717) is 0 Å². The summed E-state index contributed by atoms with van der Waals surface area (Å²) < 4.78 is 52.8. The molecule has 21 heavy (non-hydrogen) atoms. The molecule has 0 amide bonds. The van der Waals surface area contributed by atoms with Crippen LogP contribution in [-0.2, 0) is 16.6 Å². The van der Waals surface area contributed by atoms with Crippen LogP contribution in [0.15, 0.2) is 41.3 Å². The van der Waals surface area contributed by atoms with Crippen molar-refractivity contribution in [2.75, 3.05) is 4.72 Å². The lowest BCUT2D eigenvalue weighted by Crippen LogP contribution is -2.14. The third-order valence-corrected chi connectivity index (χ3v) is 4.44. The van der Waals surface area contributed by atoms with Crippen molar-refractivity contribution < 1.29 is 22.3 Å². The van der Waals surface area contributed by atoms with E-state index in [1.807, 2.05) is 0 Å². The Morgan fingerprint density at radius 2 is 1.76 bits per heavy atom. The smallest absolute Gasteiger partial charge is 0.262 e. The Bertz CT molecular complexity index is 764. The minimum absolute atomic E-state index is 0.0452. The molecule has 112 valence electrons. The van der Waals surface area contributed by atoms with E-state index in [9.17, 15) is 17.2 Å². The fourth-order valence-electron chi connectivity index (χ4n) is 1.62. The van der Waals surface area contributed by atoms with E-state index in [1.54, 1.807) is 0 Å². The van der Waals surface area contributed by atoms with Gasteiger partial charge in [-0.2, -0.15) is 0 Å². The quantitative estimate of drug-likeness (QED) is 0.904. The summed E-state index contributed by atoms with van der Waals surface area (Å²) in [5.41, 5.74) is 0.0773. The first-order valence-corrected chi connectivity index (χ1v) is 7.57. The predicted molar refractivity (Wildman–Crippen MR) is 74.5 cm³/mol. The second-order valence-electron chi connectivity index (χ2n) is 4.15. The molecule has 0 aliphatic carbocycles. The molecule has 0 unspecified atom stereocenters. The number of hydrogen-bond acceptors (Lipinski definition) is 3. The molecule has 2 aromatic carbocycles. The number of halogens is 3. The molecule has 0 spiro atoms. The van der Waals surface area contributed by atoms with E-state index in [1.165, 1.54) is 12.1 Å². The number of nitrogens with one attached hydrogen (secondary N) is 1. The van der Waals surface area contributed by atoms with Crippen LogP contribution in [-0.4, -0.2) is 13.5 Å². The predicted octanol–water partition coefficient (Wildman–Crippen LogP) is 2.91. The monoisotopic (exact) mass is 333 g/mol. The molecule has 0 atom stereocenters. The largest absolute Gasteiger partial charge is 0.392 e. The Balaban J connectivity index is 2.40. The van der Waals surface area contributed by atoms with Crippen LogP contribution in [0.25, 0.3) is 0 Å². The van der Waals surface area contributed by atoms with Gasteiger partial charge in [-0.15, -0.1) is 0 Å². The van der Waals surface area contributed by atoms with Gasteiger partial charge in [0, 0.05) is 11.3 Å². The van der Waals surface area contributed by atoms with Crippen LogP contribution in [0.4, 0.5) is 14.5 Å². The van der Waals surface area contributed by atoms with E-state index >= 15 is 0 Å². The molecule has 4 nitrogen and oxygen atoms in total. The number of hydrogen-bond donors (Lipinski definition) is 2. The lowest BCUT2D eigenvalue weighted by molar-refractivity contribution is 0.281. The van der Waals surface area contributed by atoms with E-state index in [4.69, 9.17) is 16.7 Å². The molecule has 0 bridgehead atoms.